The molecule has 0 spiro atoms. The molecule has 8 heteroatoms. The van der Waals surface area contributed by atoms with Crippen LogP contribution < -0.4 is 10.1 Å². The van der Waals surface area contributed by atoms with Gasteiger partial charge in [0.05, 0.1) is 5.75 Å². The van der Waals surface area contributed by atoms with Gasteiger partial charge in [-0.3, -0.25) is 4.79 Å². The SMILES string of the molecule is CCn1c(COc2ccc(Br)cc2)nnc1SCC(=O)Nc1ccccc1C. The van der Waals surface area contributed by atoms with E-state index in [1.165, 1.54) is 11.8 Å². The number of nitrogens with one attached hydrogen (secondary N) is 1. The summed E-state index contributed by atoms with van der Waals surface area (Å²) in [6.07, 6.45) is 0. The zero-order chi connectivity index (χ0) is 19.9. The maximum absolute atomic E-state index is 12.3. The number of hydrogen-bond acceptors (Lipinski definition) is 5. The fourth-order valence-corrected chi connectivity index (χ4v) is 3.64. The van der Waals surface area contributed by atoms with Gasteiger partial charge in [-0.15, -0.1) is 10.2 Å². The van der Waals surface area contributed by atoms with Crippen molar-refractivity contribution < 1.29 is 9.53 Å². The predicted molar refractivity (Wildman–Crippen MR) is 115 cm³/mol. The smallest absolute Gasteiger partial charge is 0.234 e. The van der Waals surface area contributed by atoms with Crippen LogP contribution in [0.1, 0.15) is 18.3 Å². The summed E-state index contributed by atoms with van der Waals surface area (Å²) >= 11 is 4.77. The van der Waals surface area contributed by atoms with Gasteiger partial charge < -0.3 is 14.6 Å². The molecule has 3 rings (SSSR count). The average Bonchev–Trinajstić information content (AvgIpc) is 3.09. The van der Waals surface area contributed by atoms with Crippen LogP contribution in [-0.4, -0.2) is 26.4 Å². The van der Waals surface area contributed by atoms with E-state index >= 15 is 0 Å². The third-order valence-electron chi connectivity index (χ3n) is 4.04. The molecule has 1 amide bonds. The molecular formula is C20H21BrN4O2S. The lowest BCUT2D eigenvalue weighted by molar-refractivity contribution is -0.113. The number of amides is 1. The van der Waals surface area contributed by atoms with E-state index in [1.807, 2.05) is 66.9 Å². The summed E-state index contributed by atoms with van der Waals surface area (Å²) < 4.78 is 8.75. The van der Waals surface area contributed by atoms with Gasteiger partial charge in [0.2, 0.25) is 5.91 Å². The second kappa shape index (κ2) is 9.75. The lowest BCUT2D eigenvalue weighted by atomic mass is 10.2. The fourth-order valence-electron chi connectivity index (χ4n) is 2.56. The van der Waals surface area contributed by atoms with E-state index in [-0.39, 0.29) is 11.7 Å². The van der Waals surface area contributed by atoms with Gasteiger partial charge in [-0.05, 0) is 49.7 Å². The second-order valence-electron chi connectivity index (χ2n) is 6.04. The maximum Gasteiger partial charge on any atom is 0.234 e. The molecule has 0 atom stereocenters. The number of anilines is 1. The molecule has 0 bridgehead atoms. The molecule has 146 valence electrons. The lowest BCUT2D eigenvalue weighted by Crippen LogP contribution is -2.15. The molecule has 0 unspecified atom stereocenters. The first kappa shape index (κ1) is 20.4. The van der Waals surface area contributed by atoms with Crippen LogP contribution in [0.3, 0.4) is 0 Å². The van der Waals surface area contributed by atoms with Crippen LogP contribution in [-0.2, 0) is 17.9 Å². The van der Waals surface area contributed by atoms with E-state index in [9.17, 15) is 4.79 Å². The van der Waals surface area contributed by atoms with E-state index < -0.39 is 0 Å². The third kappa shape index (κ3) is 5.36. The summed E-state index contributed by atoms with van der Waals surface area (Å²) in [5, 5.41) is 12.1. The highest BCUT2D eigenvalue weighted by Crippen LogP contribution is 2.21. The van der Waals surface area contributed by atoms with Crippen LogP contribution in [0.5, 0.6) is 5.75 Å². The molecule has 0 fully saturated rings. The number of rotatable bonds is 8. The zero-order valence-corrected chi connectivity index (χ0v) is 18.1. The molecule has 2 aromatic carbocycles. The Morgan fingerprint density at radius 1 is 1.18 bits per heavy atom. The first-order valence-electron chi connectivity index (χ1n) is 8.85. The Kier molecular flexibility index (Phi) is 7.11. The number of thioether (sulfide) groups is 1. The van der Waals surface area contributed by atoms with Crippen molar-refractivity contribution in [1.29, 1.82) is 0 Å². The summed E-state index contributed by atoms with van der Waals surface area (Å²) in [6, 6.07) is 15.3. The fraction of sp³-hybridized carbons (Fsp3) is 0.250. The summed E-state index contributed by atoms with van der Waals surface area (Å²) in [5.41, 5.74) is 1.86. The normalized spacial score (nSPS) is 10.7. The Bertz CT molecular complexity index is 944. The molecule has 0 aliphatic rings. The molecule has 3 aromatic rings. The summed E-state index contributed by atoms with van der Waals surface area (Å²) in [5.74, 6) is 1.69. The molecule has 0 saturated heterocycles. The number of aromatic nitrogens is 3. The third-order valence-corrected chi connectivity index (χ3v) is 5.54. The largest absolute Gasteiger partial charge is 0.486 e. The van der Waals surface area contributed by atoms with Crippen LogP contribution in [0.25, 0.3) is 0 Å². The molecule has 0 radical (unpaired) electrons. The van der Waals surface area contributed by atoms with Crippen molar-refractivity contribution in [2.75, 3.05) is 11.1 Å². The van der Waals surface area contributed by atoms with Crippen molar-refractivity contribution in [3.63, 3.8) is 0 Å². The van der Waals surface area contributed by atoms with E-state index in [0.717, 1.165) is 27.3 Å². The maximum atomic E-state index is 12.3. The van der Waals surface area contributed by atoms with Crippen LogP contribution >= 0.6 is 27.7 Å². The van der Waals surface area contributed by atoms with Crippen molar-refractivity contribution in [3.05, 3.63) is 64.4 Å². The minimum absolute atomic E-state index is 0.0717. The van der Waals surface area contributed by atoms with Gasteiger partial charge in [0, 0.05) is 16.7 Å². The van der Waals surface area contributed by atoms with Gasteiger partial charge in [0.1, 0.15) is 12.4 Å². The average molecular weight is 461 g/mol. The standard InChI is InChI=1S/C20H21BrN4O2S/c1-3-25-18(12-27-16-10-8-15(21)9-11-16)23-24-20(25)28-13-19(26)22-17-7-5-4-6-14(17)2/h4-11H,3,12-13H2,1-2H3,(H,22,26). The number of benzene rings is 2. The Hall–Kier alpha value is -2.32. The Morgan fingerprint density at radius 2 is 1.93 bits per heavy atom. The van der Waals surface area contributed by atoms with Crippen molar-refractivity contribution in [2.45, 2.75) is 32.2 Å². The molecule has 1 heterocycles. The summed E-state index contributed by atoms with van der Waals surface area (Å²) in [6.45, 7) is 5.00. The molecule has 1 aromatic heterocycles. The number of nitrogens with zero attached hydrogens (tertiary/aromatic N) is 3. The first-order valence-corrected chi connectivity index (χ1v) is 10.6. The van der Waals surface area contributed by atoms with Gasteiger partial charge in [-0.25, -0.2) is 0 Å². The zero-order valence-electron chi connectivity index (χ0n) is 15.7. The Balaban J connectivity index is 1.58. The highest BCUT2D eigenvalue weighted by Gasteiger charge is 2.14. The van der Waals surface area contributed by atoms with Crippen LogP contribution in [0.4, 0.5) is 5.69 Å². The monoisotopic (exact) mass is 460 g/mol. The number of ether oxygens (including phenoxy) is 1. The van der Waals surface area contributed by atoms with Gasteiger partial charge in [-0.1, -0.05) is 45.9 Å². The predicted octanol–water partition coefficient (Wildman–Crippen LogP) is 4.68. The van der Waals surface area contributed by atoms with Crippen molar-refractivity contribution in [3.8, 4) is 5.75 Å². The van der Waals surface area contributed by atoms with Gasteiger partial charge in [0.25, 0.3) is 0 Å². The highest BCUT2D eigenvalue weighted by atomic mass is 79.9. The van der Waals surface area contributed by atoms with E-state index in [1.54, 1.807) is 0 Å². The number of halogens is 1. The Morgan fingerprint density at radius 3 is 2.64 bits per heavy atom. The van der Waals surface area contributed by atoms with Crippen molar-refractivity contribution in [1.82, 2.24) is 14.8 Å². The lowest BCUT2D eigenvalue weighted by Gasteiger charge is -2.10. The highest BCUT2D eigenvalue weighted by molar-refractivity contribution is 9.10. The minimum Gasteiger partial charge on any atom is -0.486 e. The second-order valence-corrected chi connectivity index (χ2v) is 7.90. The molecule has 0 saturated carbocycles. The Labute approximate surface area is 176 Å². The molecule has 28 heavy (non-hydrogen) atoms. The van der Waals surface area contributed by atoms with Crippen LogP contribution in [0.2, 0.25) is 0 Å². The van der Waals surface area contributed by atoms with Crippen molar-refractivity contribution >= 4 is 39.3 Å². The van der Waals surface area contributed by atoms with E-state index in [2.05, 4.69) is 31.4 Å². The number of hydrogen-bond donors (Lipinski definition) is 1. The molecular weight excluding hydrogens is 440 g/mol. The molecule has 1 N–H and O–H groups in total. The van der Waals surface area contributed by atoms with Crippen LogP contribution in [0, 0.1) is 6.92 Å². The van der Waals surface area contributed by atoms with Gasteiger partial charge in [-0.2, -0.15) is 0 Å². The molecule has 0 aliphatic heterocycles. The minimum atomic E-state index is -0.0717. The topological polar surface area (TPSA) is 69.0 Å². The van der Waals surface area contributed by atoms with Crippen molar-refractivity contribution in [2.24, 2.45) is 0 Å². The molecule has 0 aliphatic carbocycles. The van der Waals surface area contributed by atoms with Gasteiger partial charge >= 0.3 is 0 Å². The summed E-state index contributed by atoms with van der Waals surface area (Å²) in [7, 11) is 0. The quantitative estimate of drug-likeness (QED) is 0.494. The molecule has 6 nitrogen and oxygen atoms in total. The number of carbonyl (C=O) groups is 1. The first-order chi connectivity index (χ1) is 13.6. The van der Waals surface area contributed by atoms with E-state index in [4.69, 9.17) is 4.74 Å². The number of carbonyl (C=O) groups excluding carboxylic acids is 1. The number of aryl methyl sites for hydroxylation is 1. The van der Waals surface area contributed by atoms with E-state index in [0.29, 0.717) is 18.3 Å². The summed E-state index contributed by atoms with van der Waals surface area (Å²) in [4.78, 5) is 12.3. The van der Waals surface area contributed by atoms with Gasteiger partial charge in [0.15, 0.2) is 11.0 Å². The number of para-hydroxylation sites is 1. The van der Waals surface area contributed by atoms with Crippen LogP contribution in [0.15, 0.2) is 58.2 Å².